The molecule has 0 spiro atoms. The van der Waals surface area contributed by atoms with E-state index in [4.69, 9.17) is 19.3 Å². The molecule has 6 N–H and O–H groups in total. The summed E-state index contributed by atoms with van der Waals surface area (Å²) in [5, 5.41) is 57.1. The average molecular weight is 390 g/mol. The second kappa shape index (κ2) is 8.78. The fourth-order valence-electron chi connectivity index (χ4n) is 3.07. The SMILES string of the molecule is C=C[C@@H]1[C@@H](O[C@H]2O[C@@H](CO)[C@H](O)[C@@H](O)[C@@H]2O)OC=C(C(=O)O)[C@H]1CC(=O)O. The van der Waals surface area contributed by atoms with Gasteiger partial charge in [-0.2, -0.15) is 0 Å². The lowest BCUT2D eigenvalue weighted by atomic mass is 9.81. The van der Waals surface area contributed by atoms with Crippen LogP contribution < -0.4 is 0 Å². The summed E-state index contributed by atoms with van der Waals surface area (Å²) in [5.74, 6) is -4.56. The predicted molar refractivity (Wildman–Crippen MR) is 84.9 cm³/mol. The van der Waals surface area contributed by atoms with Gasteiger partial charge in [-0.3, -0.25) is 4.79 Å². The molecule has 27 heavy (non-hydrogen) atoms. The number of aliphatic carboxylic acids is 2. The third kappa shape index (κ3) is 4.46. The van der Waals surface area contributed by atoms with Gasteiger partial charge in [0, 0.05) is 11.8 Å². The first-order chi connectivity index (χ1) is 12.7. The van der Waals surface area contributed by atoms with Crippen LogP contribution in [0, 0.1) is 11.8 Å². The minimum Gasteiger partial charge on any atom is -0.481 e. The number of aliphatic hydroxyl groups is 4. The van der Waals surface area contributed by atoms with Crippen molar-refractivity contribution in [2.75, 3.05) is 6.61 Å². The van der Waals surface area contributed by atoms with Crippen molar-refractivity contribution in [1.29, 1.82) is 0 Å². The lowest BCUT2D eigenvalue weighted by molar-refractivity contribution is -0.339. The quantitative estimate of drug-likeness (QED) is 0.265. The summed E-state index contributed by atoms with van der Waals surface area (Å²) in [7, 11) is 0. The van der Waals surface area contributed by atoms with Crippen LogP contribution in [0.4, 0.5) is 0 Å². The number of carbonyl (C=O) groups is 2. The van der Waals surface area contributed by atoms with E-state index in [1.54, 1.807) is 0 Å². The van der Waals surface area contributed by atoms with Crippen molar-refractivity contribution in [2.45, 2.75) is 43.4 Å². The van der Waals surface area contributed by atoms with Crippen molar-refractivity contribution in [3.8, 4) is 0 Å². The van der Waals surface area contributed by atoms with E-state index in [0.717, 1.165) is 6.26 Å². The van der Waals surface area contributed by atoms with Gasteiger partial charge >= 0.3 is 11.9 Å². The number of hydrogen-bond acceptors (Lipinski definition) is 9. The lowest BCUT2D eigenvalue weighted by Gasteiger charge is -2.42. The van der Waals surface area contributed by atoms with Gasteiger partial charge in [-0.25, -0.2) is 4.79 Å². The monoisotopic (exact) mass is 390 g/mol. The second-order valence-electron chi connectivity index (χ2n) is 6.23. The molecule has 2 aliphatic rings. The molecule has 2 rings (SSSR count). The van der Waals surface area contributed by atoms with E-state index in [-0.39, 0.29) is 5.57 Å². The third-order valence-corrected chi connectivity index (χ3v) is 4.54. The second-order valence-corrected chi connectivity index (χ2v) is 6.23. The minimum absolute atomic E-state index is 0.282. The van der Waals surface area contributed by atoms with Gasteiger partial charge in [0.25, 0.3) is 0 Å². The van der Waals surface area contributed by atoms with Crippen molar-refractivity contribution in [2.24, 2.45) is 11.8 Å². The van der Waals surface area contributed by atoms with E-state index in [1.165, 1.54) is 6.08 Å². The first kappa shape index (κ1) is 21.3. The van der Waals surface area contributed by atoms with Gasteiger partial charge < -0.3 is 44.8 Å². The standard InChI is InChI=1S/C16H22O11/c1-2-6-7(3-10(18)19)8(14(23)24)5-25-15(6)27-16-13(22)12(21)11(20)9(4-17)26-16/h2,5-7,9,11-13,15-17,20-22H,1,3-4H2,(H,18,19)(H,23,24)/t6-,7-,9-,11-,12+,13-,15+,16+/m0/s1. The molecule has 0 unspecified atom stereocenters. The predicted octanol–water partition coefficient (Wildman–Crippen LogP) is -1.98. The van der Waals surface area contributed by atoms with Crippen LogP contribution in [0.15, 0.2) is 24.5 Å². The zero-order valence-electron chi connectivity index (χ0n) is 14.1. The van der Waals surface area contributed by atoms with Crippen molar-refractivity contribution in [1.82, 2.24) is 0 Å². The van der Waals surface area contributed by atoms with E-state index in [1.807, 2.05) is 0 Å². The molecule has 0 aromatic carbocycles. The molecule has 152 valence electrons. The van der Waals surface area contributed by atoms with E-state index in [2.05, 4.69) is 6.58 Å². The maximum absolute atomic E-state index is 11.3. The van der Waals surface area contributed by atoms with Gasteiger partial charge in [-0.15, -0.1) is 6.58 Å². The summed E-state index contributed by atoms with van der Waals surface area (Å²) in [4.78, 5) is 22.5. The number of carboxylic acids is 2. The van der Waals surface area contributed by atoms with Crippen LogP contribution in [0.2, 0.25) is 0 Å². The summed E-state index contributed by atoms with van der Waals surface area (Å²) in [6, 6.07) is 0. The van der Waals surface area contributed by atoms with Crippen molar-refractivity contribution >= 4 is 11.9 Å². The molecule has 8 atom stereocenters. The Morgan fingerprint density at radius 1 is 1.15 bits per heavy atom. The molecule has 0 bridgehead atoms. The molecule has 0 radical (unpaired) electrons. The Labute approximate surface area is 153 Å². The molecule has 0 aromatic rings. The summed E-state index contributed by atoms with van der Waals surface area (Å²) in [6.07, 6.45) is -7.39. The van der Waals surface area contributed by atoms with Crippen molar-refractivity contribution < 1.29 is 54.4 Å². The molecule has 0 amide bonds. The Morgan fingerprint density at radius 2 is 1.81 bits per heavy atom. The van der Waals surface area contributed by atoms with Gasteiger partial charge in [0.1, 0.15) is 24.4 Å². The molecular formula is C16H22O11. The van der Waals surface area contributed by atoms with E-state index >= 15 is 0 Å². The van der Waals surface area contributed by atoms with Crippen molar-refractivity contribution in [3.05, 3.63) is 24.5 Å². The van der Waals surface area contributed by atoms with Crippen LogP contribution in [0.25, 0.3) is 0 Å². The molecule has 11 heteroatoms. The number of carboxylic acid groups (broad SMARTS) is 2. The van der Waals surface area contributed by atoms with Gasteiger partial charge in [-0.05, 0) is 0 Å². The molecule has 2 aliphatic heterocycles. The summed E-state index contributed by atoms with van der Waals surface area (Å²) in [5.41, 5.74) is -0.282. The number of aliphatic hydroxyl groups excluding tert-OH is 4. The normalized spacial score (nSPS) is 39.2. The highest BCUT2D eigenvalue weighted by Gasteiger charge is 2.47. The maximum atomic E-state index is 11.3. The Balaban J connectivity index is 2.23. The van der Waals surface area contributed by atoms with Crippen LogP contribution >= 0.6 is 0 Å². The third-order valence-electron chi connectivity index (χ3n) is 4.54. The molecule has 1 fully saturated rings. The van der Waals surface area contributed by atoms with Gasteiger partial charge in [0.2, 0.25) is 6.29 Å². The maximum Gasteiger partial charge on any atom is 0.335 e. The van der Waals surface area contributed by atoms with E-state index in [9.17, 15) is 35.1 Å². The van der Waals surface area contributed by atoms with Crippen LogP contribution in [-0.2, 0) is 23.8 Å². The van der Waals surface area contributed by atoms with E-state index in [0.29, 0.717) is 0 Å². The molecule has 1 saturated heterocycles. The lowest BCUT2D eigenvalue weighted by Crippen LogP contribution is -2.60. The fraction of sp³-hybridized carbons (Fsp3) is 0.625. The molecule has 0 saturated carbocycles. The highest BCUT2D eigenvalue weighted by atomic mass is 16.8. The minimum atomic E-state index is -1.69. The highest BCUT2D eigenvalue weighted by Crippen LogP contribution is 2.36. The topological polar surface area (TPSA) is 183 Å². The largest absolute Gasteiger partial charge is 0.481 e. The highest BCUT2D eigenvalue weighted by molar-refractivity contribution is 5.88. The summed E-state index contributed by atoms with van der Waals surface area (Å²) >= 11 is 0. The zero-order chi connectivity index (χ0) is 20.3. The first-order valence-corrected chi connectivity index (χ1v) is 8.10. The molecular weight excluding hydrogens is 368 g/mol. The van der Waals surface area contributed by atoms with Crippen molar-refractivity contribution in [3.63, 3.8) is 0 Å². The smallest absolute Gasteiger partial charge is 0.335 e. The molecule has 0 aromatic heterocycles. The fourth-order valence-corrected chi connectivity index (χ4v) is 3.07. The first-order valence-electron chi connectivity index (χ1n) is 8.10. The number of hydrogen-bond donors (Lipinski definition) is 6. The average Bonchev–Trinajstić information content (AvgIpc) is 2.61. The summed E-state index contributed by atoms with van der Waals surface area (Å²) in [6.45, 7) is 2.89. The van der Waals surface area contributed by atoms with Gasteiger partial charge in [0.05, 0.1) is 24.9 Å². The molecule has 2 heterocycles. The van der Waals surface area contributed by atoms with Crippen LogP contribution in [0.5, 0.6) is 0 Å². The molecule has 11 nitrogen and oxygen atoms in total. The Hall–Kier alpha value is -2.02. The number of rotatable bonds is 7. The Morgan fingerprint density at radius 3 is 2.33 bits per heavy atom. The van der Waals surface area contributed by atoms with Crippen LogP contribution in [0.3, 0.4) is 0 Å². The van der Waals surface area contributed by atoms with Gasteiger partial charge in [-0.1, -0.05) is 6.08 Å². The summed E-state index contributed by atoms with van der Waals surface area (Å²) < 4.78 is 15.9. The van der Waals surface area contributed by atoms with Gasteiger partial charge in [0.15, 0.2) is 6.29 Å². The zero-order valence-corrected chi connectivity index (χ0v) is 14.1. The van der Waals surface area contributed by atoms with E-state index < -0.39 is 73.8 Å². The number of ether oxygens (including phenoxy) is 3. The van der Waals surface area contributed by atoms with Crippen LogP contribution in [-0.4, -0.2) is 86.2 Å². The van der Waals surface area contributed by atoms with Crippen LogP contribution in [0.1, 0.15) is 6.42 Å². The Kier molecular flexibility index (Phi) is 6.92. The molecule has 0 aliphatic carbocycles. The Bertz CT molecular complexity index is 601.